The van der Waals surface area contributed by atoms with Crippen molar-refractivity contribution in [2.75, 3.05) is 23.3 Å². The quantitative estimate of drug-likeness (QED) is 0.662. The number of piperidine rings is 1. The fourth-order valence-corrected chi connectivity index (χ4v) is 4.19. The summed E-state index contributed by atoms with van der Waals surface area (Å²) in [6.07, 6.45) is 2.42. The summed E-state index contributed by atoms with van der Waals surface area (Å²) in [6.45, 7) is 6.95. The molecular weight excluding hydrogens is 451 g/mol. The Hall–Kier alpha value is -2.48. The van der Waals surface area contributed by atoms with E-state index in [1.165, 1.54) is 6.07 Å². The zero-order valence-electron chi connectivity index (χ0n) is 17.4. The van der Waals surface area contributed by atoms with Crippen LogP contribution in [0.1, 0.15) is 45.1 Å². The predicted octanol–water partition coefficient (Wildman–Crippen LogP) is 5.16. The monoisotopic (exact) mass is 476 g/mol. The Bertz CT molecular complexity index is 929. The van der Waals surface area contributed by atoms with Crippen LogP contribution >= 0.6 is 15.9 Å². The number of rotatable bonds is 4. The van der Waals surface area contributed by atoms with Gasteiger partial charge in [-0.2, -0.15) is 0 Å². The second-order valence-corrected chi connectivity index (χ2v) is 8.59. The minimum Gasteiger partial charge on any atom is -0.343 e. The van der Waals surface area contributed by atoms with Crippen molar-refractivity contribution in [2.24, 2.45) is 0 Å². The summed E-state index contributed by atoms with van der Waals surface area (Å²) in [5, 5.41) is 2.82. The van der Waals surface area contributed by atoms with Crippen molar-refractivity contribution in [3.8, 4) is 0 Å². The zero-order chi connectivity index (χ0) is 21.8. The third-order valence-electron chi connectivity index (χ3n) is 5.35. The highest BCUT2D eigenvalue weighted by molar-refractivity contribution is 9.10. The number of hydrogen-bond donors (Lipinski definition) is 1. The molecule has 1 aliphatic rings. The number of hydrogen-bond acceptors (Lipinski definition) is 3. The normalized spacial score (nSPS) is 14.7. The number of anilines is 2. The van der Waals surface area contributed by atoms with E-state index in [1.807, 2.05) is 24.3 Å². The lowest BCUT2D eigenvalue weighted by Gasteiger charge is -2.39. The minimum absolute atomic E-state index is 0.0477. The molecule has 0 atom stereocenters. The highest BCUT2D eigenvalue weighted by atomic mass is 79.9. The molecule has 0 spiro atoms. The van der Waals surface area contributed by atoms with Crippen LogP contribution in [0.25, 0.3) is 0 Å². The van der Waals surface area contributed by atoms with Crippen molar-refractivity contribution < 1.29 is 14.0 Å². The van der Waals surface area contributed by atoms with Crippen LogP contribution in [-0.4, -0.2) is 41.0 Å². The number of nitrogens with one attached hydrogen (secondary N) is 1. The van der Waals surface area contributed by atoms with Crippen LogP contribution in [-0.2, 0) is 4.79 Å². The van der Waals surface area contributed by atoms with Gasteiger partial charge in [0.2, 0.25) is 5.91 Å². The van der Waals surface area contributed by atoms with Crippen molar-refractivity contribution in [1.29, 1.82) is 0 Å². The number of carbonyl (C=O) groups excluding carboxylic acids is 2. The molecule has 2 heterocycles. The number of benzene rings is 1. The fraction of sp³-hybridized carbons (Fsp3) is 0.409. The lowest BCUT2D eigenvalue weighted by atomic mass is 9.97. The minimum atomic E-state index is -0.488. The molecule has 3 rings (SSSR count). The molecule has 1 aromatic heterocycles. The number of pyridine rings is 1. The van der Waals surface area contributed by atoms with E-state index in [0.717, 1.165) is 17.4 Å². The molecule has 1 aliphatic heterocycles. The average molecular weight is 477 g/mol. The van der Waals surface area contributed by atoms with E-state index in [2.05, 4.69) is 40.1 Å². The Labute approximate surface area is 184 Å². The molecule has 0 bridgehead atoms. The number of likely N-dealkylation sites (tertiary alicyclic amines) is 1. The lowest BCUT2D eigenvalue weighted by Crippen LogP contribution is -2.50. The Kier molecular flexibility index (Phi) is 7.07. The van der Waals surface area contributed by atoms with Gasteiger partial charge in [-0.3, -0.25) is 15.0 Å². The number of aromatic nitrogens is 1. The molecular formula is C22H26BrFN4O2. The number of amides is 3. The highest BCUT2D eigenvalue weighted by Gasteiger charge is 2.32. The van der Waals surface area contributed by atoms with Gasteiger partial charge in [0.25, 0.3) is 0 Å². The standard InChI is InChI=1S/C22H26BrFN4O2/c1-14(2)18-6-4-5-7-20(18)28(17-8-10-27(11-9-17)15(3)29)22(30)26-21-19(23)12-16(24)13-25-21/h4-7,12-14,17H,8-11H2,1-3H3,(H,25,26,30). The van der Waals surface area contributed by atoms with Crippen LogP contribution in [0.5, 0.6) is 0 Å². The molecule has 1 N–H and O–H groups in total. The topological polar surface area (TPSA) is 65.5 Å². The smallest absolute Gasteiger partial charge is 0.327 e. The fourth-order valence-electron chi connectivity index (χ4n) is 3.77. The number of halogens is 2. The first-order valence-corrected chi connectivity index (χ1v) is 10.8. The Morgan fingerprint density at radius 2 is 1.93 bits per heavy atom. The van der Waals surface area contributed by atoms with E-state index in [9.17, 15) is 14.0 Å². The van der Waals surface area contributed by atoms with Crippen LogP contribution < -0.4 is 10.2 Å². The molecule has 0 unspecified atom stereocenters. The van der Waals surface area contributed by atoms with Crippen molar-refractivity contribution in [3.05, 3.63) is 52.4 Å². The summed E-state index contributed by atoms with van der Waals surface area (Å²) < 4.78 is 13.8. The van der Waals surface area contributed by atoms with Crippen LogP contribution in [0.15, 0.2) is 41.0 Å². The maximum Gasteiger partial charge on any atom is 0.327 e. The van der Waals surface area contributed by atoms with Crippen molar-refractivity contribution >= 4 is 39.4 Å². The summed E-state index contributed by atoms with van der Waals surface area (Å²) in [6, 6.07) is 8.71. The van der Waals surface area contributed by atoms with E-state index in [1.54, 1.807) is 16.7 Å². The summed E-state index contributed by atoms with van der Waals surface area (Å²) in [4.78, 5) is 32.7. The van der Waals surface area contributed by atoms with Crippen LogP contribution in [0.4, 0.5) is 20.7 Å². The first kappa shape index (κ1) is 22.2. The van der Waals surface area contributed by atoms with Crippen molar-refractivity contribution in [3.63, 3.8) is 0 Å². The molecule has 1 aromatic carbocycles. The van der Waals surface area contributed by atoms with Gasteiger partial charge < -0.3 is 4.90 Å². The van der Waals surface area contributed by atoms with Gasteiger partial charge in [-0.05, 0) is 52.4 Å². The van der Waals surface area contributed by atoms with Gasteiger partial charge in [-0.1, -0.05) is 32.0 Å². The summed E-state index contributed by atoms with van der Waals surface area (Å²) in [5.74, 6) is 0.0454. The lowest BCUT2D eigenvalue weighted by molar-refractivity contribution is -0.129. The Morgan fingerprint density at radius 3 is 2.53 bits per heavy atom. The molecule has 2 aromatic rings. The Balaban J connectivity index is 1.93. The molecule has 0 saturated carbocycles. The first-order valence-electron chi connectivity index (χ1n) is 10.0. The number of para-hydroxylation sites is 1. The second-order valence-electron chi connectivity index (χ2n) is 7.73. The van der Waals surface area contributed by atoms with Gasteiger partial charge in [0, 0.05) is 31.7 Å². The summed E-state index contributed by atoms with van der Waals surface area (Å²) in [7, 11) is 0. The van der Waals surface area contributed by atoms with Gasteiger partial charge in [0.05, 0.1) is 10.7 Å². The van der Waals surface area contributed by atoms with Gasteiger partial charge >= 0.3 is 6.03 Å². The molecule has 160 valence electrons. The van der Waals surface area contributed by atoms with Gasteiger partial charge in [-0.25, -0.2) is 14.2 Å². The molecule has 30 heavy (non-hydrogen) atoms. The SMILES string of the molecule is CC(=O)N1CCC(N(C(=O)Nc2ncc(F)cc2Br)c2ccccc2C(C)C)CC1. The number of carbonyl (C=O) groups is 2. The molecule has 0 aliphatic carbocycles. The number of nitrogens with zero attached hydrogens (tertiary/aromatic N) is 3. The van der Waals surface area contributed by atoms with E-state index >= 15 is 0 Å². The molecule has 8 heteroatoms. The molecule has 1 saturated heterocycles. The third kappa shape index (κ3) is 4.98. The van der Waals surface area contributed by atoms with Crippen molar-refractivity contribution in [1.82, 2.24) is 9.88 Å². The van der Waals surface area contributed by atoms with Gasteiger partial charge in [0.15, 0.2) is 0 Å². The van der Waals surface area contributed by atoms with Gasteiger partial charge in [-0.15, -0.1) is 0 Å². The van der Waals surface area contributed by atoms with Gasteiger partial charge in [0.1, 0.15) is 11.6 Å². The summed E-state index contributed by atoms with van der Waals surface area (Å²) in [5.41, 5.74) is 1.90. The van der Waals surface area contributed by atoms with Crippen LogP contribution in [0.3, 0.4) is 0 Å². The summed E-state index contributed by atoms with van der Waals surface area (Å²) >= 11 is 3.26. The molecule has 1 fully saturated rings. The van der Waals surface area contributed by atoms with Crippen LogP contribution in [0, 0.1) is 5.82 Å². The average Bonchev–Trinajstić information content (AvgIpc) is 2.71. The second kappa shape index (κ2) is 9.55. The van der Waals surface area contributed by atoms with Crippen LogP contribution in [0.2, 0.25) is 0 Å². The van der Waals surface area contributed by atoms with E-state index in [4.69, 9.17) is 0 Å². The molecule has 3 amide bonds. The van der Waals surface area contributed by atoms with E-state index < -0.39 is 5.82 Å². The first-order chi connectivity index (χ1) is 14.3. The maximum absolute atomic E-state index is 13.4. The Morgan fingerprint density at radius 1 is 1.27 bits per heavy atom. The highest BCUT2D eigenvalue weighted by Crippen LogP contribution is 2.32. The largest absolute Gasteiger partial charge is 0.343 e. The van der Waals surface area contributed by atoms with Crippen molar-refractivity contribution in [2.45, 2.75) is 45.6 Å². The van der Waals surface area contributed by atoms with E-state index in [-0.39, 0.29) is 29.7 Å². The number of urea groups is 1. The van der Waals surface area contributed by atoms with E-state index in [0.29, 0.717) is 30.4 Å². The zero-order valence-corrected chi connectivity index (χ0v) is 18.9. The third-order valence-corrected chi connectivity index (χ3v) is 5.95. The molecule has 6 nitrogen and oxygen atoms in total. The molecule has 0 radical (unpaired) electrons. The predicted molar refractivity (Wildman–Crippen MR) is 119 cm³/mol. The maximum atomic E-state index is 13.4.